The van der Waals surface area contributed by atoms with Gasteiger partial charge in [-0.15, -0.1) is 11.3 Å². The molecule has 3 heterocycles. The van der Waals surface area contributed by atoms with Crippen LogP contribution in [0, 0.1) is 0 Å². The molecule has 2 aromatic rings. The van der Waals surface area contributed by atoms with E-state index in [0.717, 1.165) is 24.8 Å². The number of piperidine rings is 1. The van der Waals surface area contributed by atoms with Crippen molar-refractivity contribution >= 4 is 34.0 Å². The Kier molecular flexibility index (Phi) is 5.95. The lowest BCUT2D eigenvalue weighted by Crippen LogP contribution is -2.48. The van der Waals surface area contributed by atoms with Crippen LogP contribution in [0.25, 0.3) is 0 Å². The fraction of sp³-hybridized carbons (Fsp3) is 0.500. The summed E-state index contributed by atoms with van der Waals surface area (Å²) in [7, 11) is 0. The molecule has 7 heteroatoms. The molecule has 2 aliphatic rings. The quantitative estimate of drug-likeness (QED) is 0.778. The van der Waals surface area contributed by atoms with Gasteiger partial charge in [0.15, 0.2) is 5.13 Å². The zero-order chi connectivity index (χ0) is 18.6. The molecule has 2 saturated heterocycles. The number of carbonyl (C=O) groups excluding carboxylic acids is 1. The normalized spacial score (nSPS) is 18.7. The van der Waals surface area contributed by atoms with E-state index in [0.29, 0.717) is 23.7 Å². The van der Waals surface area contributed by atoms with Crippen molar-refractivity contribution < 1.29 is 4.79 Å². The molecule has 0 radical (unpaired) electrons. The number of rotatable bonds is 4. The van der Waals surface area contributed by atoms with Gasteiger partial charge >= 0.3 is 0 Å². The highest BCUT2D eigenvalue weighted by Gasteiger charge is 2.24. The molecule has 0 atom stereocenters. The van der Waals surface area contributed by atoms with Crippen LogP contribution in [0.15, 0.2) is 29.6 Å². The molecule has 4 rings (SSSR count). The van der Waals surface area contributed by atoms with Crippen LogP contribution in [0.3, 0.4) is 0 Å². The zero-order valence-corrected chi connectivity index (χ0v) is 17.0. The molecule has 27 heavy (non-hydrogen) atoms. The number of likely N-dealkylation sites (tertiary alicyclic amines) is 1. The van der Waals surface area contributed by atoms with Gasteiger partial charge in [-0.2, -0.15) is 0 Å². The van der Waals surface area contributed by atoms with Gasteiger partial charge in [-0.3, -0.25) is 9.69 Å². The minimum atomic E-state index is 0.0575. The second-order valence-electron chi connectivity index (χ2n) is 7.25. The minimum Gasteiger partial charge on any atom is -0.345 e. The van der Waals surface area contributed by atoms with Crippen LogP contribution in [0.4, 0.5) is 5.13 Å². The molecule has 0 saturated carbocycles. The number of nitrogens with zero attached hydrogens (tertiary/aromatic N) is 4. The Balaban J connectivity index is 1.32. The lowest BCUT2D eigenvalue weighted by atomic mass is 10.1. The van der Waals surface area contributed by atoms with Crippen LogP contribution in [-0.2, 0) is 6.54 Å². The summed E-state index contributed by atoms with van der Waals surface area (Å²) in [6.45, 7) is 6.42. The largest absolute Gasteiger partial charge is 0.345 e. The van der Waals surface area contributed by atoms with Crippen LogP contribution in [0.1, 0.15) is 35.3 Å². The summed E-state index contributed by atoms with van der Waals surface area (Å²) in [5.74, 6) is 0.0575. The highest BCUT2D eigenvalue weighted by molar-refractivity contribution is 7.13. The van der Waals surface area contributed by atoms with Gasteiger partial charge in [0.2, 0.25) is 0 Å². The molecule has 2 aliphatic heterocycles. The smallest absolute Gasteiger partial charge is 0.254 e. The summed E-state index contributed by atoms with van der Waals surface area (Å²) < 4.78 is 0. The fourth-order valence-electron chi connectivity index (χ4n) is 3.77. The number of hydrogen-bond acceptors (Lipinski definition) is 5. The average Bonchev–Trinajstić information content (AvgIpc) is 3.17. The van der Waals surface area contributed by atoms with Crippen molar-refractivity contribution in [3.63, 3.8) is 0 Å². The van der Waals surface area contributed by atoms with Crippen molar-refractivity contribution in [1.29, 1.82) is 0 Å². The van der Waals surface area contributed by atoms with Gasteiger partial charge in [-0.25, -0.2) is 4.98 Å². The number of halogens is 1. The second kappa shape index (κ2) is 8.59. The highest BCUT2D eigenvalue weighted by atomic mass is 35.5. The summed E-state index contributed by atoms with van der Waals surface area (Å²) in [6, 6.07) is 7.18. The molecule has 2 fully saturated rings. The summed E-state index contributed by atoms with van der Waals surface area (Å²) >= 11 is 7.73. The van der Waals surface area contributed by atoms with Gasteiger partial charge in [0, 0.05) is 48.7 Å². The van der Waals surface area contributed by atoms with Gasteiger partial charge in [0.05, 0.1) is 5.69 Å². The van der Waals surface area contributed by atoms with Crippen molar-refractivity contribution in [2.45, 2.75) is 25.8 Å². The third-order valence-electron chi connectivity index (χ3n) is 5.28. The number of thiazole rings is 1. The maximum absolute atomic E-state index is 12.7. The zero-order valence-electron chi connectivity index (χ0n) is 15.4. The number of aromatic nitrogens is 1. The maximum Gasteiger partial charge on any atom is 0.254 e. The van der Waals surface area contributed by atoms with Crippen LogP contribution >= 0.6 is 22.9 Å². The number of carbonyl (C=O) groups is 1. The predicted octanol–water partition coefficient (Wildman–Crippen LogP) is 3.74. The standard InChI is InChI=1S/C20H25ClN4OS/c21-17-6-4-5-16(13-17)19(26)24-9-11-25(12-10-24)20-22-18(15-27-20)14-23-7-2-1-3-8-23/h4-6,13,15H,1-3,7-12,14H2. The lowest BCUT2D eigenvalue weighted by molar-refractivity contribution is 0.0746. The number of hydrogen-bond donors (Lipinski definition) is 0. The van der Waals surface area contributed by atoms with Gasteiger partial charge in [0.1, 0.15) is 0 Å². The van der Waals surface area contributed by atoms with E-state index in [4.69, 9.17) is 16.6 Å². The molecular weight excluding hydrogens is 380 g/mol. The molecule has 0 aliphatic carbocycles. The average molecular weight is 405 g/mol. The number of anilines is 1. The Hall–Kier alpha value is -1.63. The summed E-state index contributed by atoms with van der Waals surface area (Å²) in [6.07, 6.45) is 3.97. The first kappa shape index (κ1) is 18.7. The van der Waals surface area contributed by atoms with Crippen LogP contribution < -0.4 is 4.90 Å². The van der Waals surface area contributed by atoms with E-state index in [-0.39, 0.29) is 5.91 Å². The molecule has 1 amide bonds. The monoisotopic (exact) mass is 404 g/mol. The van der Waals surface area contributed by atoms with Crippen molar-refractivity contribution in [1.82, 2.24) is 14.8 Å². The molecule has 1 aromatic carbocycles. The Morgan fingerprint density at radius 2 is 1.85 bits per heavy atom. The molecule has 0 bridgehead atoms. The Morgan fingerprint density at radius 3 is 2.59 bits per heavy atom. The Labute approximate surface area is 169 Å². The van der Waals surface area contributed by atoms with E-state index in [1.54, 1.807) is 23.5 Å². The van der Waals surface area contributed by atoms with Gasteiger partial charge < -0.3 is 9.80 Å². The van der Waals surface area contributed by atoms with Gasteiger partial charge in [-0.05, 0) is 44.1 Å². The number of benzene rings is 1. The molecule has 1 aromatic heterocycles. The van der Waals surface area contributed by atoms with Gasteiger partial charge in [0.25, 0.3) is 5.91 Å². The van der Waals surface area contributed by atoms with Gasteiger partial charge in [-0.1, -0.05) is 24.1 Å². The number of piperazine rings is 1. The first-order valence-electron chi connectivity index (χ1n) is 9.65. The highest BCUT2D eigenvalue weighted by Crippen LogP contribution is 2.24. The van der Waals surface area contributed by atoms with Crippen LogP contribution in [-0.4, -0.2) is 60.0 Å². The third-order valence-corrected chi connectivity index (χ3v) is 6.47. The summed E-state index contributed by atoms with van der Waals surface area (Å²) in [5, 5.41) is 3.87. The van der Waals surface area contributed by atoms with Crippen molar-refractivity contribution in [3.05, 3.63) is 45.9 Å². The first-order chi connectivity index (χ1) is 13.2. The summed E-state index contributed by atoms with van der Waals surface area (Å²) in [4.78, 5) is 24.2. The fourth-order valence-corrected chi connectivity index (χ4v) is 4.83. The first-order valence-corrected chi connectivity index (χ1v) is 10.9. The Bertz CT molecular complexity index is 782. The minimum absolute atomic E-state index is 0.0575. The van der Waals surface area contributed by atoms with E-state index in [9.17, 15) is 4.79 Å². The number of amides is 1. The van der Waals surface area contributed by atoms with Crippen LogP contribution in [0.5, 0.6) is 0 Å². The Morgan fingerprint density at radius 1 is 1.07 bits per heavy atom. The molecule has 0 unspecified atom stereocenters. The maximum atomic E-state index is 12.7. The molecule has 0 N–H and O–H groups in total. The van der Waals surface area contributed by atoms with Crippen molar-refractivity contribution in [2.24, 2.45) is 0 Å². The third kappa shape index (κ3) is 4.62. The van der Waals surface area contributed by atoms with Crippen LogP contribution in [0.2, 0.25) is 5.02 Å². The second-order valence-corrected chi connectivity index (χ2v) is 8.52. The molecular formula is C20H25ClN4OS. The molecule has 5 nitrogen and oxygen atoms in total. The molecule has 0 spiro atoms. The topological polar surface area (TPSA) is 39.7 Å². The predicted molar refractivity (Wildman–Crippen MR) is 111 cm³/mol. The lowest BCUT2D eigenvalue weighted by Gasteiger charge is -2.34. The van der Waals surface area contributed by atoms with E-state index >= 15 is 0 Å². The van der Waals surface area contributed by atoms with Crippen molar-refractivity contribution in [3.8, 4) is 0 Å². The van der Waals surface area contributed by atoms with E-state index in [2.05, 4.69) is 15.2 Å². The van der Waals surface area contributed by atoms with E-state index in [1.165, 1.54) is 38.0 Å². The van der Waals surface area contributed by atoms with E-state index < -0.39 is 0 Å². The van der Waals surface area contributed by atoms with E-state index in [1.807, 2.05) is 17.0 Å². The SMILES string of the molecule is O=C(c1cccc(Cl)c1)N1CCN(c2nc(CN3CCCCC3)cs2)CC1. The molecule has 144 valence electrons. The summed E-state index contributed by atoms with van der Waals surface area (Å²) in [5.41, 5.74) is 1.84. The van der Waals surface area contributed by atoms with Crippen molar-refractivity contribution in [2.75, 3.05) is 44.2 Å².